The van der Waals surface area contributed by atoms with Crippen LogP contribution < -0.4 is 11.1 Å². The van der Waals surface area contributed by atoms with Crippen LogP contribution in [0.4, 0.5) is 17.1 Å². The van der Waals surface area contributed by atoms with E-state index in [1.54, 1.807) is 6.20 Å². The first kappa shape index (κ1) is 12.5. The standard InChI is InChI=1S/C17H17N3/c1-11-8-12(2)10-13(9-11)20-16-6-5-15(18)14-4-3-7-19-17(14)16/h3-10,20H,18H2,1-2H3. The zero-order valence-corrected chi connectivity index (χ0v) is 11.6. The molecule has 0 unspecified atom stereocenters. The van der Waals surface area contributed by atoms with E-state index in [2.05, 4.69) is 42.3 Å². The van der Waals surface area contributed by atoms with E-state index in [1.165, 1.54) is 11.1 Å². The zero-order chi connectivity index (χ0) is 14.1. The lowest BCUT2D eigenvalue weighted by molar-refractivity contribution is 1.37. The smallest absolute Gasteiger partial charge is 0.0957 e. The van der Waals surface area contributed by atoms with E-state index >= 15 is 0 Å². The summed E-state index contributed by atoms with van der Waals surface area (Å²) in [5, 5.41) is 4.41. The van der Waals surface area contributed by atoms with Crippen LogP contribution in [0, 0.1) is 13.8 Å². The number of fused-ring (bicyclic) bond motifs is 1. The molecule has 0 amide bonds. The number of aromatic nitrogens is 1. The predicted octanol–water partition coefficient (Wildman–Crippen LogP) is 4.18. The summed E-state index contributed by atoms with van der Waals surface area (Å²) in [5.41, 5.74) is 12.2. The number of pyridine rings is 1. The highest BCUT2D eigenvalue weighted by Gasteiger charge is 2.05. The number of nitrogens with two attached hydrogens (primary N) is 1. The quantitative estimate of drug-likeness (QED) is 0.682. The number of hydrogen-bond acceptors (Lipinski definition) is 3. The van der Waals surface area contributed by atoms with Gasteiger partial charge in [-0.2, -0.15) is 0 Å². The Balaban J connectivity index is 2.09. The second-order valence-electron chi connectivity index (χ2n) is 5.10. The number of aryl methyl sites for hydroxylation is 2. The summed E-state index contributed by atoms with van der Waals surface area (Å²) in [7, 11) is 0. The Labute approximate surface area is 118 Å². The summed E-state index contributed by atoms with van der Waals surface area (Å²) in [6.07, 6.45) is 1.79. The Hall–Kier alpha value is -2.55. The zero-order valence-electron chi connectivity index (χ0n) is 11.6. The van der Waals surface area contributed by atoms with Gasteiger partial charge in [0.2, 0.25) is 0 Å². The molecule has 100 valence electrons. The van der Waals surface area contributed by atoms with Crippen LogP contribution in [0.3, 0.4) is 0 Å². The highest BCUT2D eigenvalue weighted by molar-refractivity contribution is 5.99. The molecule has 0 saturated carbocycles. The molecule has 1 aromatic heterocycles. The van der Waals surface area contributed by atoms with Gasteiger partial charge in [-0.25, -0.2) is 0 Å². The van der Waals surface area contributed by atoms with Crippen molar-refractivity contribution in [1.82, 2.24) is 4.98 Å². The average molecular weight is 263 g/mol. The molecule has 20 heavy (non-hydrogen) atoms. The molecule has 0 fully saturated rings. The Morgan fingerprint density at radius 2 is 1.75 bits per heavy atom. The maximum absolute atomic E-state index is 6.00. The van der Waals surface area contributed by atoms with Gasteiger partial charge in [0.15, 0.2) is 0 Å². The van der Waals surface area contributed by atoms with Crippen molar-refractivity contribution in [2.45, 2.75) is 13.8 Å². The minimum Gasteiger partial charge on any atom is -0.398 e. The van der Waals surface area contributed by atoms with Crippen LogP contribution in [0.1, 0.15) is 11.1 Å². The first-order valence-electron chi connectivity index (χ1n) is 6.62. The molecule has 0 radical (unpaired) electrons. The molecule has 2 aromatic carbocycles. The lowest BCUT2D eigenvalue weighted by Crippen LogP contribution is -1.96. The van der Waals surface area contributed by atoms with Gasteiger partial charge in [-0.05, 0) is 61.4 Å². The monoisotopic (exact) mass is 263 g/mol. The van der Waals surface area contributed by atoms with Crippen molar-refractivity contribution in [2.75, 3.05) is 11.1 Å². The molecule has 0 spiro atoms. The summed E-state index contributed by atoms with van der Waals surface area (Å²) in [6, 6.07) is 14.2. The maximum Gasteiger partial charge on any atom is 0.0957 e. The fourth-order valence-electron chi connectivity index (χ4n) is 2.50. The molecule has 0 aliphatic rings. The summed E-state index contributed by atoms with van der Waals surface area (Å²) in [5.74, 6) is 0. The van der Waals surface area contributed by atoms with Crippen molar-refractivity contribution in [3.8, 4) is 0 Å². The Kier molecular flexibility index (Phi) is 3.03. The van der Waals surface area contributed by atoms with Crippen molar-refractivity contribution in [3.63, 3.8) is 0 Å². The molecule has 3 aromatic rings. The molecule has 3 heteroatoms. The Bertz CT molecular complexity index is 758. The van der Waals surface area contributed by atoms with E-state index in [-0.39, 0.29) is 0 Å². The molecule has 0 aliphatic heterocycles. The predicted molar refractivity (Wildman–Crippen MR) is 85.4 cm³/mol. The Morgan fingerprint density at radius 3 is 2.50 bits per heavy atom. The number of rotatable bonds is 2. The van der Waals surface area contributed by atoms with Crippen LogP contribution >= 0.6 is 0 Å². The largest absolute Gasteiger partial charge is 0.398 e. The number of nitrogens with zero attached hydrogens (tertiary/aromatic N) is 1. The molecule has 1 heterocycles. The molecular weight excluding hydrogens is 246 g/mol. The summed E-state index contributed by atoms with van der Waals surface area (Å²) in [4.78, 5) is 4.44. The SMILES string of the molecule is Cc1cc(C)cc(Nc2ccc(N)c3cccnc23)c1. The van der Waals surface area contributed by atoms with Crippen molar-refractivity contribution < 1.29 is 0 Å². The van der Waals surface area contributed by atoms with Gasteiger partial charge >= 0.3 is 0 Å². The highest BCUT2D eigenvalue weighted by atomic mass is 14.9. The van der Waals surface area contributed by atoms with Gasteiger partial charge in [0.1, 0.15) is 0 Å². The fourth-order valence-corrected chi connectivity index (χ4v) is 2.50. The maximum atomic E-state index is 6.00. The Morgan fingerprint density at radius 1 is 1.00 bits per heavy atom. The number of anilines is 3. The normalized spacial score (nSPS) is 10.7. The van der Waals surface area contributed by atoms with Gasteiger partial charge in [-0.3, -0.25) is 4.98 Å². The third-order valence-electron chi connectivity index (χ3n) is 3.30. The first-order valence-corrected chi connectivity index (χ1v) is 6.62. The second kappa shape index (κ2) is 4.85. The summed E-state index contributed by atoms with van der Waals surface area (Å²) in [6.45, 7) is 4.19. The van der Waals surface area contributed by atoms with Gasteiger partial charge in [-0.1, -0.05) is 6.07 Å². The average Bonchev–Trinajstić information content (AvgIpc) is 2.41. The molecule has 3 rings (SSSR count). The lowest BCUT2D eigenvalue weighted by Gasteiger charge is -2.12. The van der Waals surface area contributed by atoms with E-state index in [4.69, 9.17) is 5.73 Å². The first-order chi connectivity index (χ1) is 9.63. The van der Waals surface area contributed by atoms with E-state index in [1.807, 2.05) is 24.3 Å². The summed E-state index contributed by atoms with van der Waals surface area (Å²) >= 11 is 0. The van der Waals surface area contributed by atoms with Crippen molar-refractivity contribution >= 4 is 28.0 Å². The molecular formula is C17H17N3. The number of hydrogen-bond donors (Lipinski definition) is 2. The van der Waals surface area contributed by atoms with Crippen LogP contribution in [-0.2, 0) is 0 Å². The van der Waals surface area contributed by atoms with E-state index in [0.29, 0.717) is 0 Å². The number of nitrogens with one attached hydrogen (secondary N) is 1. The topological polar surface area (TPSA) is 50.9 Å². The minimum absolute atomic E-state index is 0.749. The minimum atomic E-state index is 0.749. The van der Waals surface area contributed by atoms with Gasteiger partial charge in [0, 0.05) is 23.0 Å². The van der Waals surface area contributed by atoms with Gasteiger partial charge in [0.25, 0.3) is 0 Å². The molecule has 0 aliphatic carbocycles. The van der Waals surface area contributed by atoms with E-state index < -0.39 is 0 Å². The van der Waals surface area contributed by atoms with Crippen molar-refractivity contribution in [1.29, 1.82) is 0 Å². The summed E-state index contributed by atoms with van der Waals surface area (Å²) < 4.78 is 0. The van der Waals surface area contributed by atoms with Gasteiger partial charge in [-0.15, -0.1) is 0 Å². The van der Waals surface area contributed by atoms with Crippen molar-refractivity contribution in [2.24, 2.45) is 0 Å². The van der Waals surface area contributed by atoms with Crippen LogP contribution in [0.2, 0.25) is 0 Å². The third kappa shape index (κ3) is 2.30. The second-order valence-corrected chi connectivity index (χ2v) is 5.10. The van der Waals surface area contributed by atoms with E-state index in [0.717, 1.165) is 28.0 Å². The molecule has 0 saturated heterocycles. The molecule has 0 bridgehead atoms. The van der Waals surface area contributed by atoms with Crippen molar-refractivity contribution in [3.05, 3.63) is 59.8 Å². The van der Waals surface area contributed by atoms with Crippen LogP contribution in [0.25, 0.3) is 10.9 Å². The molecule has 0 atom stereocenters. The fraction of sp³-hybridized carbons (Fsp3) is 0.118. The molecule has 3 nitrogen and oxygen atoms in total. The number of benzene rings is 2. The van der Waals surface area contributed by atoms with Gasteiger partial charge < -0.3 is 11.1 Å². The van der Waals surface area contributed by atoms with Crippen LogP contribution in [0.5, 0.6) is 0 Å². The van der Waals surface area contributed by atoms with Crippen LogP contribution in [-0.4, -0.2) is 4.98 Å². The third-order valence-corrected chi connectivity index (χ3v) is 3.30. The highest BCUT2D eigenvalue weighted by Crippen LogP contribution is 2.29. The van der Waals surface area contributed by atoms with E-state index in [9.17, 15) is 0 Å². The van der Waals surface area contributed by atoms with Crippen LogP contribution in [0.15, 0.2) is 48.7 Å². The molecule has 3 N–H and O–H groups in total. The number of nitrogen functional groups attached to an aromatic ring is 1. The van der Waals surface area contributed by atoms with Gasteiger partial charge in [0.05, 0.1) is 11.2 Å². The lowest BCUT2D eigenvalue weighted by atomic mass is 10.1.